The molecule has 2 N–H and O–H groups in total. The fourth-order valence-corrected chi connectivity index (χ4v) is 6.48. The molecule has 2 aliphatic carbocycles. The Morgan fingerprint density at radius 2 is 1.40 bits per heavy atom. The molecule has 9 nitrogen and oxygen atoms in total. The largest absolute Gasteiger partial charge is 0.478 e. The van der Waals surface area contributed by atoms with Crippen molar-refractivity contribution >= 4 is 59.4 Å². The normalized spacial score (nSPS) is 23.1. The van der Waals surface area contributed by atoms with Gasteiger partial charge in [0.05, 0.1) is 48.4 Å². The SMILES string of the molecule is [B]Cc1c(C[B])c(C[B])c(C(=O)OC2CC3CC2CC3C(=O)OC(CS(=O)(=O)O)C(F)(F)F)c(C(=O)O)c1C[B]. The van der Waals surface area contributed by atoms with E-state index in [-0.39, 0.29) is 54.8 Å². The molecule has 1 aromatic rings. The number of alkyl halides is 3. The topological polar surface area (TPSA) is 144 Å². The molecule has 3 rings (SSSR count). The lowest BCUT2D eigenvalue weighted by Gasteiger charge is -2.29. The second-order valence-electron chi connectivity index (χ2n) is 9.78. The van der Waals surface area contributed by atoms with Gasteiger partial charge in [0.1, 0.15) is 11.9 Å². The number of hydrogen-bond donors (Lipinski definition) is 2. The average molecular weight is 576 g/mol. The highest BCUT2D eigenvalue weighted by Gasteiger charge is 2.53. The predicted molar refractivity (Wildman–Crippen MR) is 137 cm³/mol. The third kappa shape index (κ3) is 6.56. The van der Waals surface area contributed by atoms with Gasteiger partial charge in [0, 0.05) is 0 Å². The van der Waals surface area contributed by atoms with E-state index in [2.05, 4.69) is 4.74 Å². The first-order valence-corrected chi connectivity index (χ1v) is 13.8. The van der Waals surface area contributed by atoms with Crippen LogP contribution in [0.5, 0.6) is 0 Å². The molecule has 8 radical (unpaired) electrons. The van der Waals surface area contributed by atoms with Crippen molar-refractivity contribution in [2.24, 2.45) is 17.8 Å². The number of carbonyl (C=O) groups is 3. The van der Waals surface area contributed by atoms with E-state index >= 15 is 0 Å². The Morgan fingerprint density at radius 1 is 0.875 bits per heavy atom. The highest BCUT2D eigenvalue weighted by Crippen LogP contribution is 2.50. The van der Waals surface area contributed by atoms with Crippen LogP contribution in [0.2, 0.25) is 0 Å². The van der Waals surface area contributed by atoms with Gasteiger partial charge in [0.15, 0.2) is 0 Å². The van der Waals surface area contributed by atoms with Crippen molar-refractivity contribution in [3.63, 3.8) is 0 Å². The minimum atomic E-state index is -5.23. The van der Waals surface area contributed by atoms with Gasteiger partial charge in [0.2, 0.25) is 6.10 Å². The highest BCUT2D eigenvalue weighted by molar-refractivity contribution is 7.85. The van der Waals surface area contributed by atoms with Gasteiger partial charge in [-0.1, -0.05) is 36.4 Å². The maximum absolute atomic E-state index is 13.4. The van der Waals surface area contributed by atoms with E-state index in [4.69, 9.17) is 40.7 Å². The number of hydrogen-bond acceptors (Lipinski definition) is 7. The van der Waals surface area contributed by atoms with E-state index < -0.39 is 75.5 Å². The molecule has 0 amide bonds. The zero-order chi connectivity index (χ0) is 30.2. The monoisotopic (exact) mass is 576 g/mol. The number of carboxylic acid groups (broad SMARTS) is 1. The third-order valence-electron chi connectivity index (χ3n) is 7.52. The number of benzene rings is 1. The zero-order valence-corrected chi connectivity index (χ0v) is 22.0. The summed E-state index contributed by atoms with van der Waals surface area (Å²) in [6.07, 6.45) is -9.44. The summed E-state index contributed by atoms with van der Waals surface area (Å²) in [6, 6.07) is 0. The number of carbonyl (C=O) groups excluding carboxylic acids is 2. The molecule has 2 bridgehead atoms. The van der Waals surface area contributed by atoms with Crippen LogP contribution in [0.4, 0.5) is 13.2 Å². The maximum atomic E-state index is 13.4. The lowest BCUT2D eigenvalue weighted by Crippen LogP contribution is -2.42. The molecule has 0 spiro atoms. The van der Waals surface area contributed by atoms with Gasteiger partial charge in [-0.2, -0.15) is 21.6 Å². The molecule has 0 saturated heterocycles. The van der Waals surface area contributed by atoms with Crippen molar-refractivity contribution in [2.45, 2.75) is 62.9 Å². The van der Waals surface area contributed by atoms with Gasteiger partial charge in [-0.05, 0) is 42.2 Å². The number of fused-ring (bicyclic) bond motifs is 2. The van der Waals surface area contributed by atoms with E-state index in [1.807, 2.05) is 0 Å². The first-order chi connectivity index (χ1) is 18.6. The Morgan fingerprint density at radius 3 is 1.80 bits per heavy atom. The summed E-state index contributed by atoms with van der Waals surface area (Å²) >= 11 is 0. The summed E-state index contributed by atoms with van der Waals surface area (Å²) in [5.74, 6) is -7.60. The van der Waals surface area contributed by atoms with Crippen LogP contribution in [0, 0.1) is 17.8 Å². The zero-order valence-electron chi connectivity index (χ0n) is 21.1. The minimum absolute atomic E-state index is 0.0123. The molecule has 0 heterocycles. The molecule has 0 aliphatic heterocycles. The van der Waals surface area contributed by atoms with Crippen LogP contribution < -0.4 is 0 Å². The summed E-state index contributed by atoms with van der Waals surface area (Å²) in [7, 11) is 18.2. The number of halogens is 3. The molecule has 40 heavy (non-hydrogen) atoms. The van der Waals surface area contributed by atoms with Gasteiger partial charge in [-0.3, -0.25) is 9.35 Å². The predicted octanol–water partition coefficient (Wildman–Crippen LogP) is 0.992. The van der Waals surface area contributed by atoms with Crippen molar-refractivity contribution in [3.8, 4) is 0 Å². The van der Waals surface area contributed by atoms with E-state index in [0.29, 0.717) is 17.5 Å². The fraction of sp³-hybridized carbons (Fsp3) is 0.609. The van der Waals surface area contributed by atoms with Crippen molar-refractivity contribution in [3.05, 3.63) is 33.4 Å². The van der Waals surface area contributed by atoms with Crippen LogP contribution in [-0.2, 0) is 49.7 Å². The summed E-state index contributed by atoms with van der Waals surface area (Å²) in [5, 5.41) is 9.93. The van der Waals surface area contributed by atoms with Crippen LogP contribution in [-0.4, -0.2) is 91.5 Å². The summed E-state index contributed by atoms with van der Waals surface area (Å²) in [4.78, 5) is 38.1. The van der Waals surface area contributed by atoms with Crippen LogP contribution in [0.1, 0.15) is 62.2 Å². The van der Waals surface area contributed by atoms with Gasteiger partial charge in [-0.15, -0.1) is 0 Å². The van der Waals surface area contributed by atoms with Crippen molar-refractivity contribution in [1.82, 2.24) is 0 Å². The lowest BCUT2D eigenvalue weighted by atomic mass is 9.72. The molecule has 2 saturated carbocycles. The van der Waals surface area contributed by atoms with Crippen molar-refractivity contribution < 1.29 is 55.1 Å². The molecule has 2 fully saturated rings. The van der Waals surface area contributed by atoms with E-state index in [1.54, 1.807) is 0 Å². The molecule has 0 aromatic heterocycles. The van der Waals surface area contributed by atoms with Crippen molar-refractivity contribution in [1.29, 1.82) is 0 Å². The summed E-state index contributed by atoms with van der Waals surface area (Å²) in [6.45, 7) is 0. The Kier molecular flexibility index (Phi) is 9.81. The highest BCUT2D eigenvalue weighted by atomic mass is 32.2. The first kappa shape index (κ1) is 32.1. The maximum Gasteiger partial charge on any atom is 0.426 e. The van der Waals surface area contributed by atoms with Gasteiger partial charge in [0.25, 0.3) is 10.1 Å². The molecular weight excluding hydrogens is 553 g/mol. The number of esters is 2. The number of ether oxygens (including phenoxy) is 2. The van der Waals surface area contributed by atoms with Crippen LogP contribution in [0.3, 0.4) is 0 Å². The van der Waals surface area contributed by atoms with E-state index in [9.17, 15) is 41.1 Å². The average Bonchev–Trinajstić information content (AvgIpc) is 3.45. The Balaban J connectivity index is 1.82. The van der Waals surface area contributed by atoms with E-state index in [0.717, 1.165) is 0 Å². The second-order valence-corrected chi connectivity index (χ2v) is 11.3. The minimum Gasteiger partial charge on any atom is -0.478 e. The lowest BCUT2D eigenvalue weighted by molar-refractivity contribution is -0.218. The van der Waals surface area contributed by atoms with Crippen LogP contribution >= 0.6 is 0 Å². The molecule has 2 aliphatic rings. The van der Waals surface area contributed by atoms with Gasteiger partial charge in [-0.25, -0.2) is 9.59 Å². The summed E-state index contributed by atoms with van der Waals surface area (Å²) in [5.41, 5.74) is 0.273. The second kappa shape index (κ2) is 12.2. The smallest absolute Gasteiger partial charge is 0.426 e. The van der Waals surface area contributed by atoms with Crippen LogP contribution in [0.15, 0.2) is 0 Å². The van der Waals surface area contributed by atoms with E-state index in [1.165, 1.54) is 0 Å². The quantitative estimate of drug-likeness (QED) is 0.224. The standard InChI is InChI=1S/C23H23B4F3O9S/c24-4-12-13(5-25)15(7-27)19(18(20(31)32)14(12)6-26)22(34)38-16-3-9-1-10(16)2-11(9)21(33)39-17(23(28,29)30)8-40(35,36)37/h9-11,16-17H,1-8H2,(H,31,32)(H,35,36,37). The number of aromatic carboxylic acids is 1. The van der Waals surface area contributed by atoms with Crippen molar-refractivity contribution in [2.75, 3.05) is 5.75 Å². The molecule has 17 heteroatoms. The first-order valence-electron chi connectivity index (χ1n) is 12.2. The third-order valence-corrected chi connectivity index (χ3v) is 8.24. The molecule has 1 aromatic carbocycles. The van der Waals surface area contributed by atoms with Crippen LogP contribution in [0.25, 0.3) is 0 Å². The molecule has 5 unspecified atom stereocenters. The molecule has 208 valence electrons. The number of rotatable bonds is 11. The Bertz CT molecular complexity index is 1290. The van der Waals surface area contributed by atoms with Gasteiger partial charge >= 0.3 is 24.1 Å². The molecule has 5 atom stereocenters. The Hall–Kier alpha value is -2.41. The Labute approximate surface area is 234 Å². The summed E-state index contributed by atoms with van der Waals surface area (Å²) < 4.78 is 80.3. The number of carboxylic acids is 1. The fourth-order valence-electron chi connectivity index (χ4n) is 5.84. The molecular formula is C23H23B4F3O9S. The van der Waals surface area contributed by atoms with Gasteiger partial charge < -0.3 is 14.6 Å².